The van der Waals surface area contributed by atoms with Gasteiger partial charge >= 0.3 is 0 Å². The molecule has 0 aliphatic heterocycles. The molecule has 1 N–H and O–H groups in total. The number of anilines is 1. The molecule has 2 aromatic carbocycles. The third-order valence-electron chi connectivity index (χ3n) is 3.37. The highest BCUT2D eigenvalue weighted by atomic mass is 32.2. The van der Waals surface area contributed by atoms with Crippen molar-refractivity contribution in [2.75, 3.05) is 17.7 Å². The molecule has 0 heterocycles. The lowest BCUT2D eigenvalue weighted by Crippen LogP contribution is -2.14. The van der Waals surface area contributed by atoms with Gasteiger partial charge in [-0.1, -0.05) is 6.07 Å². The van der Waals surface area contributed by atoms with Crippen molar-refractivity contribution in [2.24, 2.45) is 0 Å². The fourth-order valence-corrected chi connectivity index (χ4v) is 3.03. The van der Waals surface area contributed by atoms with Crippen LogP contribution in [0.15, 0.2) is 42.5 Å². The largest absolute Gasteiger partial charge is 0.494 e. The first-order valence-electron chi connectivity index (χ1n) is 7.89. The van der Waals surface area contributed by atoms with Gasteiger partial charge in [0.2, 0.25) is 5.91 Å². The first-order chi connectivity index (χ1) is 12.0. The lowest BCUT2D eigenvalue weighted by atomic mass is 10.1. The molecule has 0 aromatic heterocycles. The van der Waals surface area contributed by atoms with E-state index in [1.165, 1.54) is 30.8 Å². The minimum absolute atomic E-state index is 0.0156. The van der Waals surface area contributed by atoms with Crippen LogP contribution in [0.1, 0.15) is 29.8 Å². The van der Waals surface area contributed by atoms with Crippen LogP contribution in [0, 0.1) is 5.82 Å². The van der Waals surface area contributed by atoms with Crippen molar-refractivity contribution in [1.29, 1.82) is 0 Å². The first-order valence-corrected chi connectivity index (χ1v) is 9.05. The fourth-order valence-electron chi connectivity index (χ4n) is 2.22. The monoisotopic (exact) mass is 361 g/mol. The van der Waals surface area contributed by atoms with E-state index >= 15 is 0 Å². The molecule has 132 valence electrons. The summed E-state index contributed by atoms with van der Waals surface area (Å²) in [6, 6.07) is 11.1. The van der Waals surface area contributed by atoms with Crippen molar-refractivity contribution in [3.8, 4) is 5.75 Å². The average molecular weight is 361 g/mol. The van der Waals surface area contributed by atoms with Gasteiger partial charge in [0, 0.05) is 22.6 Å². The third kappa shape index (κ3) is 5.90. The van der Waals surface area contributed by atoms with Gasteiger partial charge in [-0.2, -0.15) is 0 Å². The Balaban J connectivity index is 1.94. The molecule has 1 amide bonds. The molecule has 0 spiro atoms. The second kappa shape index (κ2) is 9.22. The van der Waals surface area contributed by atoms with Gasteiger partial charge in [0.1, 0.15) is 11.6 Å². The molecule has 2 rings (SSSR count). The molecule has 0 aliphatic rings. The number of ketones is 1. The van der Waals surface area contributed by atoms with Crippen LogP contribution < -0.4 is 10.1 Å². The number of halogens is 1. The third-order valence-corrected chi connectivity index (χ3v) is 4.35. The average Bonchev–Trinajstić information content (AvgIpc) is 2.56. The molecule has 0 aliphatic carbocycles. The van der Waals surface area contributed by atoms with E-state index in [2.05, 4.69) is 5.32 Å². The smallest absolute Gasteiger partial charge is 0.234 e. The molecule has 0 fully saturated rings. The number of hydrogen-bond donors (Lipinski definition) is 1. The van der Waals surface area contributed by atoms with Crippen LogP contribution in [0.3, 0.4) is 0 Å². The van der Waals surface area contributed by atoms with Gasteiger partial charge in [0.15, 0.2) is 5.78 Å². The van der Waals surface area contributed by atoms with Crippen molar-refractivity contribution in [2.45, 2.75) is 19.6 Å². The van der Waals surface area contributed by atoms with Crippen LogP contribution in [0.4, 0.5) is 10.1 Å². The molecule has 6 heteroatoms. The van der Waals surface area contributed by atoms with Crippen LogP contribution in [-0.2, 0) is 10.5 Å². The van der Waals surface area contributed by atoms with Crippen molar-refractivity contribution in [1.82, 2.24) is 0 Å². The normalized spacial score (nSPS) is 10.4. The Labute approximate surface area is 150 Å². The van der Waals surface area contributed by atoms with E-state index in [1.54, 1.807) is 30.3 Å². The summed E-state index contributed by atoms with van der Waals surface area (Å²) in [4.78, 5) is 23.5. The number of rotatable bonds is 8. The molecule has 2 aromatic rings. The first kappa shape index (κ1) is 19.0. The molecular weight excluding hydrogens is 341 g/mol. The van der Waals surface area contributed by atoms with E-state index in [4.69, 9.17) is 4.74 Å². The van der Waals surface area contributed by atoms with Gasteiger partial charge in [0.05, 0.1) is 12.4 Å². The summed E-state index contributed by atoms with van der Waals surface area (Å²) in [5, 5.41) is 2.65. The topological polar surface area (TPSA) is 55.4 Å². The van der Waals surface area contributed by atoms with E-state index in [1.807, 2.05) is 6.92 Å². The number of benzene rings is 2. The Morgan fingerprint density at radius 3 is 2.68 bits per heavy atom. The standard InChI is InChI=1S/C19H20FNO3S/c1-3-24-18-8-7-14(13(2)22)9-15(18)11-25-12-19(23)21-17-6-4-5-16(20)10-17/h4-10H,3,11-12H2,1-2H3,(H,21,23). The van der Waals surface area contributed by atoms with Crippen molar-refractivity contribution >= 4 is 29.1 Å². The quantitative estimate of drug-likeness (QED) is 0.712. The highest BCUT2D eigenvalue weighted by Crippen LogP contribution is 2.25. The second-order valence-corrected chi connectivity index (χ2v) is 6.35. The highest BCUT2D eigenvalue weighted by molar-refractivity contribution is 7.99. The molecule has 0 saturated carbocycles. The van der Waals surface area contributed by atoms with Crippen molar-refractivity contribution in [3.63, 3.8) is 0 Å². The predicted molar refractivity (Wildman–Crippen MR) is 98.8 cm³/mol. The number of carbonyl (C=O) groups excluding carboxylic acids is 2. The summed E-state index contributed by atoms with van der Waals surface area (Å²) in [5.74, 6) is 0.840. The lowest BCUT2D eigenvalue weighted by molar-refractivity contribution is -0.113. The van der Waals surface area contributed by atoms with Crippen molar-refractivity contribution in [3.05, 3.63) is 59.4 Å². The maximum atomic E-state index is 13.1. The van der Waals surface area contributed by atoms with Crippen LogP contribution >= 0.6 is 11.8 Å². The lowest BCUT2D eigenvalue weighted by Gasteiger charge is -2.11. The van der Waals surface area contributed by atoms with E-state index in [0.717, 1.165) is 5.56 Å². The number of carbonyl (C=O) groups is 2. The molecule has 0 saturated heterocycles. The minimum Gasteiger partial charge on any atom is -0.494 e. The van der Waals surface area contributed by atoms with Crippen LogP contribution in [0.2, 0.25) is 0 Å². The van der Waals surface area contributed by atoms with Gasteiger partial charge in [0.25, 0.3) is 0 Å². The zero-order valence-electron chi connectivity index (χ0n) is 14.2. The Morgan fingerprint density at radius 1 is 1.20 bits per heavy atom. The summed E-state index contributed by atoms with van der Waals surface area (Å²) in [6.45, 7) is 3.93. The Kier molecular flexibility index (Phi) is 7.01. The van der Waals surface area contributed by atoms with Gasteiger partial charge in [-0.05, 0) is 50.2 Å². The van der Waals surface area contributed by atoms with E-state index in [-0.39, 0.29) is 17.4 Å². The summed E-state index contributed by atoms with van der Waals surface area (Å²) in [6.07, 6.45) is 0. The maximum Gasteiger partial charge on any atom is 0.234 e. The van der Waals surface area contributed by atoms with E-state index < -0.39 is 5.82 Å². The Morgan fingerprint density at radius 2 is 2.00 bits per heavy atom. The number of nitrogens with one attached hydrogen (secondary N) is 1. The zero-order valence-corrected chi connectivity index (χ0v) is 15.0. The summed E-state index contributed by atoms with van der Waals surface area (Å²) < 4.78 is 18.7. The van der Waals surface area contributed by atoms with E-state index in [0.29, 0.717) is 29.4 Å². The molecule has 4 nitrogen and oxygen atoms in total. The molecule has 0 bridgehead atoms. The molecular formula is C19H20FNO3S. The predicted octanol–water partition coefficient (Wildman–Crippen LogP) is 4.30. The molecule has 0 radical (unpaired) electrons. The Bertz CT molecular complexity index is 764. The Hall–Kier alpha value is -2.34. The summed E-state index contributed by atoms with van der Waals surface area (Å²) in [5.41, 5.74) is 1.92. The SMILES string of the molecule is CCOc1ccc(C(C)=O)cc1CSCC(=O)Nc1cccc(F)c1. The zero-order chi connectivity index (χ0) is 18.2. The fraction of sp³-hybridized carbons (Fsp3) is 0.263. The van der Waals surface area contributed by atoms with Gasteiger partial charge in [-0.3, -0.25) is 9.59 Å². The number of thioether (sulfide) groups is 1. The second-order valence-electron chi connectivity index (χ2n) is 5.36. The molecule has 0 unspecified atom stereocenters. The summed E-state index contributed by atoms with van der Waals surface area (Å²) >= 11 is 1.40. The number of amides is 1. The van der Waals surface area contributed by atoms with Crippen molar-refractivity contribution < 1.29 is 18.7 Å². The molecule has 0 atom stereocenters. The van der Waals surface area contributed by atoms with Gasteiger partial charge in [-0.15, -0.1) is 11.8 Å². The van der Waals surface area contributed by atoms with Crippen LogP contribution in [-0.4, -0.2) is 24.1 Å². The van der Waals surface area contributed by atoms with E-state index in [9.17, 15) is 14.0 Å². The molecule has 25 heavy (non-hydrogen) atoms. The van der Waals surface area contributed by atoms with Crippen LogP contribution in [0.25, 0.3) is 0 Å². The summed E-state index contributed by atoms with van der Waals surface area (Å²) in [7, 11) is 0. The van der Waals surface area contributed by atoms with Crippen LogP contribution in [0.5, 0.6) is 5.75 Å². The maximum absolute atomic E-state index is 13.1. The minimum atomic E-state index is -0.396. The number of ether oxygens (including phenoxy) is 1. The van der Waals surface area contributed by atoms with Gasteiger partial charge < -0.3 is 10.1 Å². The number of hydrogen-bond acceptors (Lipinski definition) is 4. The highest BCUT2D eigenvalue weighted by Gasteiger charge is 2.10. The number of Topliss-reactive ketones (excluding diaryl/α,β-unsaturated/α-hetero) is 1. The van der Waals surface area contributed by atoms with Gasteiger partial charge in [-0.25, -0.2) is 4.39 Å².